The summed E-state index contributed by atoms with van der Waals surface area (Å²) in [6.45, 7) is 3.69. The Bertz CT molecular complexity index is 621. The largest absolute Gasteiger partial charge is 0.496 e. The highest BCUT2D eigenvalue weighted by Gasteiger charge is 2.09. The topological polar surface area (TPSA) is 43.4 Å². The third kappa shape index (κ3) is 4.43. The van der Waals surface area contributed by atoms with Crippen LogP contribution in [0.1, 0.15) is 12.6 Å². The monoisotopic (exact) mass is 414 g/mol. The minimum atomic E-state index is 0.711. The molecular formula is C15H16Br2N2O2. The quantitative estimate of drug-likeness (QED) is 0.753. The van der Waals surface area contributed by atoms with Gasteiger partial charge in [-0.2, -0.15) is 0 Å². The molecule has 0 saturated carbocycles. The molecule has 1 aromatic carbocycles. The number of aromatic nitrogens is 1. The number of benzene rings is 1. The lowest BCUT2D eigenvalue weighted by Gasteiger charge is -2.11. The molecule has 0 saturated heterocycles. The molecule has 0 bridgehead atoms. The van der Waals surface area contributed by atoms with Crippen LogP contribution in [0, 0.1) is 0 Å². The van der Waals surface area contributed by atoms with Crippen molar-refractivity contribution >= 4 is 31.9 Å². The summed E-state index contributed by atoms with van der Waals surface area (Å²) in [5.74, 6) is 2.20. The Morgan fingerprint density at radius 1 is 1.14 bits per heavy atom. The molecule has 1 N–H and O–H groups in total. The zero-order valence-electron chi connectivity index (χ0n) is 11.8. The second-order valence-corrected chi connectivity index (χ2v) is 5.99. The maximum Gasteiger partial charge on any atom is 0.143 e. The Balaban J connectivity index is 2.20. The van der Waals surface area contributed by atoms with Gasteiger partial charge in [0.05, 0.1) is 21.7 Å². The third-order valence-electron chi connectivity index (χ3n) is 2.78. The molecule has 0 aliphatic heterocycles. The fourth-order valence-corrected chi connectivity index (χ4v) is 2.63. The zero-order valence-corrected chi connectivity index (χ0v) is 15.0. The molecule has 0 aliphatic rings. The van der Waals surface area contributed by atoms with Gasteiger partial charge >= 0.3 is 0 Å². The first-order valence-corrected chi connectivity index (χ1v) is 8.09. The lowest BCUT2D eigenvalue weighted by atomic mass is 10.3. The Labute approximate surface area is 141 Å². The van der Waals surface area contributed by atoms with E-state index in [4.69, 9.17) is 9.47 Å². The smallest absolute Gasteiger partial charge is 0.143 e. The second-order valence-electron chi connectivity index (χ2n) is 4.28. The first kappa shape index (κ1) is 16.3. The molecule has 0 spiro atoms. The summed E-state index contributed by atoms with van der Waals surface area (Å²) in [5, 5.41) is 3.24. The molecule has 112 valence electrons. The summed E-state index contributed by atoms with van der Waals surface area (Å²) in [5.41, 5.74) is 0.943. The maximum absolute atomic E-state index is 5.91. The van der Waals surface area contributed by atoms with Crippen molar-refractivity contribution < 1.29 is 9.47 Å². The van der Waals surface area contributed by atoms with Crippen LogP contribution in [-0.4, -0.2) is 18.6 Å². The maximum atomic E-state index is 5.91. The highest BCUT2D eigenvalue weighted by atomic mass is 79.9. The summed E-state index contributed by atoms with van der Waals surface area (Å²) in [7, 11) is 1.63. The first-order chi connectivity index (χ1) is 10.1. The van der Waals surface area contributed by atoms with E-state index in [0.717, 1.165) is 39.2 Å². The van der Waals surface area contributed by atoms with E-state index in [1.165, 1.54) is 0 Å². The Morgan fingerprint density at radius 3 is 2.57 bits per heavy atom. The average Bonchev–Trinajstić information content (AvgIpc) is 2.49. The van der Waals surface area contributed by atoms with Gasteiger partial charge in [0.1, 0.15) is 17.2 Å². The number of pyridine rings is 1. The predicted molar refractivity (Wildman–Crippen MR) is 90.1 cm³/mol. The lowest BCUT2D eigenvalue weighted by molar-refractivity contribution is 0.409. The van der Waals surface area contributed by atoms with Crippen molar-refractivity contribution in [3.05, 3.63) is 45.1 Å². The van der Waals surface area contributed by atoms with E-state index in [1.807, 2.05) is 24.3 Å². The summed E-state index contributed by atoms with van der Waals surface area (Å²) >= 11 is 6.94. The van der Waals surface area contributed by atoms with Crippen molar-refractivity contribution in [1.29, 1.82) is 0 Å². The number of ether oxygens (including phenoxy) is 2. The van der Waals surface area contributed by atoms with E-state index in [1.54, 1.807) is 13.3 Å². The van der Waals surface area contributed by atoms with Crippen LogP contribution in [0.4, 0.5) is 0 Å². The Kier molecular flexibility index (Phi) is 6.02. The van der Waals surface area contributed by atoms with Crippen LogP contribution in [0.3, 0.4) is 0 Å². The van der Waals surface area contributed by atoms with E-state index >= 15 is 0 Å². The third-order valence-corrected chi connectivity index (χ3v) is 4.02. The average molecular weight is 416 g/mol. The SMILES string of the molecule is CCNCc1cc(Oc2cc(Br)c(OC)cc2Br)ccn1. The number of methoxy groups -OCH3 is 1. The molecular weight excluding hydrogens is 400 g/mol. The van der Waals surface area contributed by atoms with Crippen LogP contribution in [0.5, 0.6) is 17.2 Å². The van der Waals surface area contributed by atoms with E-state index < -0.39 is 0 Å². The van der Waals surface area contributed by atoms with Gasteiger partial charge in [-0.15, -0.1) is 0 Å². The van der Waals surface area contributed by atoms with Gasteiger partial charge in [-0.25, -0.2) is 0 Å². The molecule has 4 nitrogen and oxygen atoms in total. The van der Waals surface area contributed by atoms with Crippen LogP contribution in [0.25, 0.3) is 0 Å². The van der Waals surface area contributed by atoms with Crippen molar-refractivity contribution in [2.24, 2.45) is 0 Å². The van der Waals surface area contributed by atoms with Crippen molar-refractivity contribution in [3.8, 4) is 17.2 Å². The van der Waals surface area contributed by atoms with Crippen LogP contribution < -0.4 is 14.8 Å². The van der Waals surface area contributed by atoms with Gasteiger partial charge in [0, 0.05) is 18.8 Å². The second kappa shape index (κ2) is 7.77. The van der Waals surface area contributed by atoms with E-state index in [-0.39, 0.29) is 0 Å². The standard InChI is InChI=1S/C15H16Br2N2O2/c1-3-18-9-10-6-11(4-5-19-10)21-15-8-12(16)14(20-2)7-13(15)17/h4-8,18H,3,9H2,1-2H3. The molecule has 0 aliphatic carbocycles. The van der Waals surface area contributed by atoms with Gasteiger partial charge in [0.2, 0.25) is 0 Å². The number of nitrogens with zero attached hydrogens (tertiary/aromatic N) is 1. The fraction of sp³-hybridized carbons (Fsp3) is 0.267. The molecule has 21 heavy (non-hydrogen) atoms. The van der Waals surface area contributed by atoms with E-state index in [9.17, 15) is 0 Å². The van der Waals surface area contributed by atoms with E-state index in [2.05, 4.69) is 49.1 Å². The van der Waals surface area contributed by atoms with Crippen molar-refractivity contribution in [2.75, 3.05) is 13.7 Å². The van der Waals surface area contributed by atoms with Crippen molar-refractivity contribution in [1.82, 2.24) is 10.3 Å². The first-order valence-electron chi connectivity index (χ1n) is 6.50. The van der Waals surface area contributed by atoms with Gasteiger partial charge in [0.15, 0.2) is 0 Å². The highest BCUT2D eigenvalue weighted by molar-refractivity contribution is 9.11. The normalized spacial score (nSPS) is 10.5. The molecule has 2 aromatic rings. The Morgan fingerprint density at radius 2 is 1.86 bits per heavy atom. The summed E-state index contributed by atoms with van der Waals surface area (Å²) in [6.07, 6.45) is 1.74. The van der Waals surface area contributed by atoms with Gasteiger partial charge < -0.3 is 14.8 Å². The molecule has 0 unspecified atom stereocenters. The van der Waals surface area contributed by atoms with Crippen LogP contribution in [-0.2, 0) is 6.54 Å². The number of nitrogens with one attached hydrogen (secondary N) is 1. The molecule has 1 heterocycles. The van der Waals surface area contributed by atoms with Crippen LogP contribution in [0.15, 0.2) is 39.4 Å². The number of halogens is 2. The zero-order chi connectivity index (χ0) is 15.2. The molecule has 6 heteroatoms. The Hall–Kier alpha value is -1.11. The summed E-state index contributed by atoms with van der Waals surface area (Å²) in [4.78, 5) is 4.30. The van der Waals surface area contributed by atoms with Crippen LogP contribution >= 0.6 is 31.9 Å². The van der Waals surface area contributed by atoms with Crippen LogP contribution in [0.2, 0.25) is 0 Å². The molecule has 0 atom stereocenters. The highest BCUT2D eigenvalue weighted by Crippen LogP contribution is 2.38. The van der Waals surface area contributed by atoms with Gasteiger partial charge in [-0.05, 0) is 56.6 Å². The van der Waals surface area contributed by atoms with Gasteiger partial charge in [0.25, 0.3) is 0 Å². The van der Waals surface area contributed by atoms with Crippen molar-refractivity contribution in [3.63, 3.8) is 0 Å². The molecule has 0 radical (unpaired) electrons. The van der Waals surface area contributed by atoms with Gasteiger partial charge in [-0.3, -0.25) is 4.98 Å². The molecule has 2 rings (SSSR count). The molecule has 0 fully saturated rings. The van der Waals surface area contributed by atoms with Crippen molar-refractivity contribution in [2.45, 2.75) is 13.5 Å². The number of hydrogen-bond donors (Lipinski definition) is 1. The van der Waals surface area contributed by atoms with E-state index in [0.29, 0.717) is 5.75 Å². The summed E-state index contributed by atoms with van der Waals surface area (Å²) in [6, 6.07) is 7.49. The minimum Gasteiger partial charge on any atom is -0.496 e. The predicted octanol–water partition coefficient (Wildman–Crippen LogP) is 4.52. The fourth-order valence-electron chi connectivity index (χ4n) is 1.74. The number of rotatable bonds is 6. The lowest BCUT2D eigenvalue weighted by Crippen LogP contribution is -2.12. The number of hydrogen-bond acceptors (Lipinski definition) is 4. The molecule has 1 aromatic heterocycles. The summed E-state index contributed by atoms with van der Waals surface area (Å²) < 4.78 is 12.8. The minimum absolute atomic E-state index is 0.711. The molecule has 0 amide bonds. The van der Waals surface area contributed by atoms with Gasteiger partial charge in [-0.1, -0.05) is 6.92 Å².